The number of carbonyl (C=O) groups excluding carboxylic acids is 1. The molecule has 1 aromatic heterocycles. The number of ether oxygens (including phenoxy) is 1. The lowest BCUT2D eigenvalue weighted by Gasteiger charge is -2.05. The first kappa shape index (κ1) is 11.8. The topological polar surface area (TPSA) is 26.3 Å². The van der Waals surface area contributed by atoms with Crippen molar-refractivity contribution in [2.45, 2.75) is 13.3 Å². The maximum absolute atomic E-state index is 11.3. The van der Waals surface area contributed by atoms with E-state index in [4.69, 9.17) is 16.3 Å². The maximum Gasteiger partial charge on any atom is 0.169 e. The largest absolute Gasteiger partial charge is 0.491 e. The predicted molar refractivity (Wildman–Crippen MR) is 74.0 cm³/mol. The Morgan fingerprint density at radius 2 is 2.22 bits per heavy atom. The van der Waals surface area contributed by atoms with E-state index in [9.17, 15) is 4.79 Å². The lowest BCUT2D eigenvalue weighted by atomic mass is 10.1. The summed E-state index contributed by atoms with van der Waals surface area (Å²) in [5.41, 5.74) is 2.21. The summed E-state index contributed by atoms with van der Waals surface area (Å²) in [7, 11) is 0. The van der Waals surface area contributed by atoms with Gasteiger partial charge in [0.05, 0.1) is 16.5 Å². The van der Waals surface area contributed by atoms with E-state index in [-0.39, 0.29) is 5.78 Å². The summed E-state index contributed by atoms with van der Waals surface area (Å²) in [4.78, 5) is 13.2. The van der Waals surface area contributed by atoms with Crippen molar-refractivity contribution in [1.82, 2.24) is 0 Å². The van der Waals surface area contributed by atoms with E-state index in [1.807, 2.05) is 18.2 Å². The van der Waals surface area contributed by atoms with Crippen LogP contribution >= 0.6 is 22.9 Å². The van der Waals surface area contributed by atoms with Crippen LogP contribution in [-0.4, -0.2) is 12.4 Å². The minimum atomic E-state index is 0.0989. The molecule has 1 aliphatic heterocycles. The van der Waals surface area contributed by atoms with Crippen molar-refractivity contribution >= 4 is 28.7 Å². The molecule has 0 saturated carbocycles. The molecule has 0 fully saturated rings. The molecule has 0 spiro atoms. The van der Waals surface area contributed by atoms with Gasteiger partial charge in [-0.2, -0.15) is 0 Å². The summed E-state index contributed by atoms with van der Waals surface area (Å²) < 4.78 is 5.48. The first-order valence-corrected chi connectivity index (χ1v) is 6.91. The number of hydrogen-bond acceptors (Lipinski definition) is 3. The van der Waals surface area contributed by atoms with Crippen LogP contribution in [-0.2, 0) is 6.42 Å². The van der Waals surface area contributed by atoms with Gasteiger partial charge in [0, 0.05) is 11.3 Å². The van der Waals surface area contributed by atoms with Crippen LogP contribution in [0.25, 0.3) is 10.4 Å². The molecule has 2 heterocycles. The number of thiophene rings is 1. The monoisotopic (exact) mass is 278 g/mol. The highest BCUT2D eigenvalue weighted by molar-refractivity contribution is 7.17. The Labute approximate surface area is 114 Å². The molecule has 3 rings (SSSR count). The number of rotatable bonds is 2. The van der Waals surface area contributed by atoms with Gasteiger partial charge in [-0.15, -0.1) is 11.3 Å². The second-order valence-electron chi connectivity index (χ2n) is 4.26. The zero-order valence-electron chi connectivity index (χ0n) is 9.83. The highest BCUT2D eigenvalue weighted by Crippen LogP contribution is 2.39. The number of benzene rings is 1. The molecule has 0 atom stereocenters. The van der Waals surface area contributed by atoms with Crippen LogP contribution in [0.2, 0.25) is 5.02 Å². The fraction of sp³-hybridized carbons (Fsp3) is 0.214. The quantitative estimate of drug-likeness (QED) is 0.770. The molecule has 0 saturated heterocycles. The molecule has 2 nitrogen and oxygen atoms in total. The first-order chi connectivity index (χ1) is 8.65. The zero-order chi connectivity index (χ0) is 12.7. The smallest absolute Gasteiger partial charge is 0.169 e. The SMILES string of the molecule is CC(=O)c1ccc(-c2cc(Cl)c3c(c2)CCO3)s1. The normalized spacial score (nSPS) is 13.2. The van der Waals surface area contributed by atoms with E-state index in [0.29, 0.717) is 11.6 Å². The molecule has 92 valence electrons. The molecular weight excluding hydrogens is 268 g/mol. The number of halogens is 1. The van der Waals surface area contributed by atoms with Gasteiger partial charge in [0.2, 0.25) is 0 Å². The van der Waals surface area contributed by atoms with Gasteiger partial charge in [-0.3, -0.25) is 4.79 Å². The van der Waals surface area contributed by atoms with Crippen LogP contribution in [0, 0.1) is 0 Å². The fourth-order valence-corrected chi connectivity index (χ4v) is 3.27. The van der Waals surface area contributed by atoms with Gasteiger partial charge in [-0.05, 0) is 42.3 Å². The van der Waals surface area contributed by atoms with Crippen molar-refractivity contribution in [2.24, 2.45) is 0 Å². The van der Waals surface area contributed by atoms with Gasteiger partial charge >= 0.3 is 0 Å². The van der Waals surface area contributed by atoms with Gasteiger partial charge < -0.3 is 4.74 Å². The van der Waals surface area contributed by atoms with E-state index >= 15 is 0 Å². The van der Waals surface area contributed by atoms with Crippen molar-refractivity contribution in [2.75, 3.05) is 6.61 Å². The Bertz CT molecular complexity index is 631. The summed E-state index contributed by atoms with van der Waals surface area (Å²) in [5, 5.41) is 0.651. The summed E-state index contributed by atoms with van der Waals surface area (Å²) in [6.07, 6.45) is 0.897. The summed E-state index contributed by atoms with van der Waals surface area (Å²) >= 11 is 7.71. The van der Waals surface area contributed by atoms with Crippen molar-refractivity contribution in [3.63, 3.8) is 0 Å². The summed E-state index contributed by atoms with van der Waals surface area (Å²) in [6.45, 7) is 2.28. The number of ketones is 1. The van der Waals surface area contributed by atoms with E-state index in [1.165, 1.54) is 11.3 Å². The van der Waals surface area contributed by atoms with Crippen LogP contribution in [0.5, 0.6) is 5.75 Å². The average Bonchev–Trinajstić information content (AvgIpc) is 2.97. The fourth-order valence-electron chi connectivity index (χ4n) is 2.09. The van der Waals surface area contributed by atoms with Crippen LogP contribution in [0.1, 0.15) is 22.2 Å². The summed E-state index contributed by atoms with van der Waals surface area (Å²) in [5.74, 6) is 0.908. The van der Waals surface area contributed by atoms with Crippen molar-refractivity contribution < 1.29 is 9.53 Å². The number of hydrogen-bond donors (Lipinski definition) is 0. The maximum atomic E-state index is 11.3. The molecule has 1 aromatic carbocycles. The first-order valence-electron chi connectivity index (χ1n) is 5.71. The average molecular weight is 279 g/mol. The van der Waals surface area contributed by atoms with Crippen LogP contribution in [0.4, 0.5) is 0 Å². The Kier molecular flexibility index (Phi) is 2.88. The Balaban J connectivity index is 2.06. The van der Waals surface area contributed by atoms with Crippen LogP contribution in [0.3, 0.4) is 0 Å². The minimum Gasteiger partial charge on any atom is -0.491 e. The van der Waals surface area contributed by atoms with Gasteiger partial charge in [0.15, 0.2) is 5.78 Å². The molecule has 0 aliphatic carbocycles. The van der Waals surface area contributed by atoms with Crippen molar-refractivity contribution in [3.05, 3.63) is 39.7 Å². The van der Waals surface area contributed by atoms with Gasteiger partial charge in [-0.1, -0.05) is 11.6 Å². The number of fused-ring (bicyclic) bond motifs is 1. The van der Waals surface area contributed by atoms with E-state index < -0.39 is 0 Å². The van der Waals surface area contributed by atoms with E-state index in [2.05, 4.69) is 6.07 Å². The van der Waals surface area contributed by atoms with Gasteiger partial charge in [0.1, 0.15) is 5.75 Å². The molecule has 0 N–H and O–H groups in total. The van der Waals surface area contributed by atoms with Crippen LogP contribution in [0.15, 0.2) is 24.3 Å². The van der Waals surface area contributed by atoms with Crippen molar-refractivity contribution in [3.8, 4) is 16.2 Å². The Morgan fingerprint density at radius 1 is 1.39 bits per heavy atom. The van der Waals surface area contributed by atoms with E-state index in [1.54, 1.807) is 6.92 Å². The van der Waals surface area contributed by atoms with E-state index in [0.717, 1.165) is 33.1 Å². The molecular formula is C14H11ClO2S. The Hall–Kier alpha value is -1.32. The molecule has 1 aliphatic rings. The molecule has 2 aromatic rings. The zero-order valence-corrected chi connectivity index (χ0v) is 11.4. The number of Topliss-reactive ketones (excluding diaryl/α,β-unsaturated/α-hetero) is 1. The van der Waals surface area contributed by atoms with Gasteiger partial charge in [-0.25, -0.2) is 0 Å². The van der Waals surface area contributed by atoms with Crippen molar-refractivity contribution in [1.29, 1.82) is 0 Å². The highest BCUT2D eigenvalue weighted by atomic mass is 35.5. The Morgan fingerprint density at radius 3 is 2.94 bits per heavy atom. The molecule has 0 bridgehead atoms. The van der Waals surface area contributed by atoms with Crippen LogP contribution < -0.4 is 4.74 Å². The third-order valence-electron chi connectivity index (χ3n) is 2.98. The second kappa shape index (κ2) is 4.41. The molecule has 4 heteroatoms. The molecule has 0 amide bonds. The third kappa shape index (κ3) is 1.93. The third-order valence-corrected chi connectivity index (χ3v) is 4.49. The molecule has 0 radical (unpaired) electrons. The minimum absolute atomic E-state index is 0.0989. The number of carbonyl (C=O) groups is 1. The second-order valence-corrected chi connectivity index (χ2v) is 5.76. The standard InChI is InChI=1S/C14H11ClO2S/c1-8(16)12-2-3-13(18-12)10-6-9-4-5-17-14(9)11(15)7-10/h2-3,6-7H,4-5H2,1H3. The lowest BCUT2D eigenvalue weighted by Crippen LogP contribution is -1.86. The predicted octanol–water partition coefficient (Wildman–Crippen LogP) is 4.21. The summed E-state index contributed by atoms with van der Waals surface area (Å²) in [6, 6.07) is 7.83. The van der Waals surface area contributed by atoms with Gasteiger partial charge in [0.25, 0.3) is 0 Å². The molecule has 0 unspecified atom stereocenters. The highest BCUT2D eigenvalue weighted by Gasteiger charge is 2.18. The lowest BCUT2D eigenvalue weighted by molar-refractivity contribution is 0.102. The molecule has 18 heavy (non-hydrogen) atoms.